The third-order valence-corrected chi connectivity index (χ3v) is 7.53. The number of aliphatic hydroxyl groups excluding tert-OH is 1. The summed E-state index contributed by atoms with van der Waals surface area (Å²) in [5.41, 5.74) is 15.3. The third kappa shape index (κ3) is 4.47. The molecule has 3 aromatic carbocycles. The zero-order chi connectivity index (χ0) is 25.4. The molecule has 7 nitrogen and oxygen atoms in total. The first-order valence-corrected chi connectivity index (χ1v) is 12.4. The van der Waals surface area contributed by atoms with Crippen molar-refractivity contribution in [3.05, 3.63) is 83.0 Å². The van der Waals surface area contributed by atoms with Crippen molar-refractivity contribution in [2.45, 2.75) is 57.3 Å². The van der Waals surface area contributed by atoms with Gasteiger partial charge in [-0.25, -0.2) is 0 Å². The van der Waals surface area contributed by atoms with Gasteiger partial charge in [0.05, 0.1) is 12.1 Å². The van der Waals surface area contributed by atoms with Crippen LogP contribution in [0.4, 0.5) is 0 Å². The van der Waals surface area contributed by atoms with E-state index in [4.69, 9.17) is 16.9 Å². The van der Waals surface area contributed by atoms with Gasteiger partial charge in [0.15, 0.2) is 0 Å². The minimum Gasteiger partial charge on any atom is -0.392 e. The summed E-state index contributed by atoms with van der Waals surface area (Å²) in [6.07, 6.45) is 3.36. The summed E-state index contributed by atoms with van der Waals surface area (Å²) in [5, 5.41) is 24.6. The Hall–Kier alpha value is -3.68. The van der Waals surface area contributed by atoms with Crippen LogP contribution in [-0.4, -0.2) is 33.0 Å². The number of nitrogens with two attached hydrogens (primary N) is 2. The molecule has 36 heavy (non-hydrogen) atoms. The molecular weight excluding hydrogens is 450 g/mol. The van der Waals surface area contributed by atoms with Gasteiger partial charge in [-0.3, -0.25) is 10.2 Å². The lowest BCUT2D eigenvalue weighted by Crippen LogP contribution is -2.46. The highest BCUT2D eigenvalue weighted by Crippen LogP contribution is 2.31. The second kappa shape index (κ2) is 9.41. The minimum atomic E-state index is -0.271. The summed E-state index contributed by atoms with van der Waals surface area (Å²) >= 11 is 0. The van der Waals surface area contributed by atoms with Crippen LogP contribution in [0.3, 0.4) is 0 Å². The molecule has 0 saturated heterocycles. The number of aliphatic hydroxyl groups is 1. The number of nitrogens with one attached hydrogen (secondary N) is 2. The number of carbonyl (C=O) groups is 1. The fourth-order valence-corrected chi connectivity index (χ4v) is 5.45. The first kappa shape index (κ1) is 24.0. The molecule has 1 heterocycles. The van der Waals surface area contributed by atoms with Crippen molar-refractivity contribution in [3.63, 3.8) is 0 Å². The largest absolute Gasteiger partial charge is 0.392 e. The van der Waals surface area contributed by atoms with Crippen molar-refractivity contribution in [1.82, 2.24) is 9.88 Å². The Morgan fingerprint density at radius 1 is 1.11 bits per heavy atom. The van der Waals surface area contributed by atoms with Crippen molar-refractivity contribution >= 4 is 33.4 Å². The van der Waals surface area contributed by atoms with Crippen LogP contribution in [-0.2, 0) is 13.2 Å². The van der Waals surface area contributed by atoms with Crippen LogP contribution in [0.5, 0.6) is 0 Å². The topological polar surface area (TPSA) is 130 Å². The normalized spacial score (nSPS) is 20.0. The Labute approximate surface area is 210 Å². The molecule has 7 heteroatoms. The molecule has 1 aliphatic carbocycles. The fraction of sp³-hybridized carbons (Fsp3) is 0.310. The van der Waals surface area contributed by atoms with Crippen LogP contribution >= 0.6 is 0 Å². The van der Waals surface area contributed by atoms with E-state index in [0.717, 1.165) is 52.9 Å². The van der Waals surface area contributed by atoms with Gasteiger partial charge in [0.2, 0.25) is 0 Å². The SMILES string of the molecule is C[C@]1(N)CC[C@@H](NC(=O)c2c(CO)c3ccc(C(=N)N)cc3n2Cc2cccc3ccccc23)CC1. The van der Waals surface area contributed by atoms with Gasteiger partial charge in [-0.15, -0.1) is 0 Å². The Morgan fingerprint density at radius 2 is 1.83 bits per heavy atom. The minimum absolute atomic E-state index is 0.0393. The Morgan fingerprint density at radius 3 is 2.56 bits per heavy atom. The number of nitrogen functional groups attached to an aromatic ring is 1. The highest BCUT2D eigenvalue weighted by molar-refractivity contribution is 6.05. The van der Waals surface area contributed by atoms with Crippen LogP contribution in [0.1, 0.15) is 59.8 Å². The molecule has 0 atom stereocenters. The van der Waals surface area contributed by atoms with Crippen molar-refractivity contribution in [1.29, 1.82) is 5.41 Å². The number of hydrogen-bond acceptors (Lipinski definition) is 4. The number of amides is 1. The van der Waals surface area contributed by atoms with Crippen LogP contribution in [0.25, 0.3) is 21.7 Å². The van der Waals surface area contributed by atoms with E-state index in [0.29, 0.717) is 23.4 Å². The van der Waals surface area contributed by atoms with Gasteiger partial charge in [0.1, 0.15) is 11.5 Å². The van der Waals surface area contributed by atoms with Crippen molar-refractivity contribution in [3.8, 4) is 0 Å². The maximum atomic E-state index is 13.8. The lowest BCUT2D eigenvalue weighted by atomic mass is 9.81. The Bertz CT molecular complexity index is 1450. The van der Waals surface area contributed by atoms with Gasteiger partial charge in [-0.2, -0.15) is 0 Å². The number of rotatable bonds is 6. The van der Waals surface area contributed by atoms with Crippen LogP contribution < -0.4 is 16.8 Å². The van der Waals surface area contributed by atoms with Crippen LogP contribution in [0.15, 0.2) is 60.7 Å². The van der Waals surface area contributed by atoms with Crippen molar-refractivity contribution in [2.24, 2.45) is 11.5 Å². The van der Waals surface area contributed by atoms with Gasteiger partial charge in [-0.05, 0) is 55.0 Å². The number of carbonyl (C=O) groups excluding carboxylic acids is 1. The molecule has 1 fully saturated rings. The van der Waals surface area contributed by atoms with Crippen LogP contribution in [0.2, 0.25) is 0 Å². The maximum absolute atomic E-state index is 13.8. The highest BCUT2D eigenvalue weighted by Gasteiger charge is 2.30. The molecule has 0 spiro atoms. The summed E-state index contributed by atoms with van der Waals surface area (Å²) in [7, 11) is 0. The van der Waals surface area contributed by atoms with E-state index in [9.17, 15) is 9.90 Å². The first-order chi connectivity index (χ1) is 17.3. The van der Waals surface area contributed by atoms with Crippen LogP contribution in [0, 0.1) is 5.41 Å². The molecule has 186 valence electrons. The fourth-order valence-electron chi connectivity index (χ4n) is 5.45. The van der Waals surface area contributed by atoms with E-state index in [1.807, 2.05) is 34.9 Å². The molecule has 4 aromatic rings. The molecule has 0 radical (unpaired) electrons. The average molecular weight is 484 g/mol. The third-order valence-electron chi connectivity index (χ3n) is 7.53. The molecule has 1 saturated carbocycles. The summed E-state index contributed by atoms with van der Waals surface area (Å²) in [5.74, 6) is -0.246. The zero-order valence-corrected chi connectivity index (χ0v) is 20.6. The summed E-state index contributed by atoms with van der Waals surface area (Å²) in [6.45, 7) is 2.23. The van der Waals surface area contributed by atoms with E-state index in [1.165, 1.54) is 0 Å². The molecule has 5 rings (SSSR count). The predicted molar refractivity (Wildman–Crippen MR) is 144 cm³/mol. The standard InChI is InChI=1S/C29H33N5O2/c1-29(32)13-11-21(12-14-29)33-28(36)26-24(17-35)23-10-9-19(27(30)31)15-25(23)34(26)16-20-7-4-6-18-5-2-3-8-22(18)20/h2-10,15,21,35H,11-14,16-17,32H2,1H3,(H3,30,31)(H,33,36)/t21-,29+. The van der Waals surface area contributed by atoms with Gasteiger partial charge in [0, 0.05) is 34.6 Å². The summed E-state index contributed by atoms with van der Waals surface area (Å²) in [4.78, 5) is 13.8. The lowest BCUT2D eigenvalue weighted by Gasteiger charge is -2.34. The molecular formula is C29H33N5O2. The van der Waals surface area contributed by atoms with Gasteiger partial charge in [0.25, 0.3) is 5.91 Å². The number of amidine groups is 1. The zero-order valence-electron chi connectivity index (χ0n) is 20.6. The van der Waals surface area contributed by atoms with E-state index in [-0.39, 0.29) is 29.9 Å². The van der Waals surface area contributed by atoms with E-state index >= 15 is 0 Å². The Balaban J connectivity index is 1.63. The number of benzene rings is 3. The van der Waals surface area contributed by atoms with E-state index in [1.54, 1.807) is 6.07 Å². The molecule has 7 N–H and O–H groups in total. The molecule has 1 amide bonds. The molecule has 0 bridgehead atoms. The van der Waals surface area contributed by atoms with Crippen molar-refractivity contribution < 1.29 is 9.90 Å². The monoisotopic (exact) mass is 483 g/mol. The van der Waals surface area contributed by atoms with Crippen molar-refractivity contribution in [2.75, 3.05) is 0 Å². The van der Waals surface area contributed by atoms with Gasteiger partial charge < -0.3 is 26.5 Å². The quantitative estimate of drug-likeness (QED) is 0.209. The molecule has 0 unspecified atom stereocenters. The molecule has 1 aromatic heterocycles. The first-order valence-electron chi connectivity index (χ1n) is 12.4. The number of hydrogen-bond donors (Lipinski definition) is 5. The highest BCUT2D eigenvalue weighted by atomic mass is 16.3. The lowest BCUT2D eigenvalue weighted by molar-refractivity contribution is 0.0907. The Kier molecular flexibility index (Phi) is 6.28. The van der Waals surface area contributed by atoms with Gasteiger partial charge >= 0.3 is 0 Å². The van der Waals surface area contributed by atoms with E-state index < -0.39 is 0 Å². The number of nitrogens with zero attached hydrogens (tertiary/aromatic N) is 1. The number of aromatic nitrogens is 1. The molecule has 1 aliphatic rings. The predicted octanol–water partition coefficient (Wildman–Crippen LogP) is 4.01. The average Bonchev–Trinajstić information content (AvgIpc) is 3.18. The van der Waals surface area contributed by atoms with E-state index in [2.05, 4.69) is 36.5 Å². The number of fused-ring (bicyclic) bond motifs is 2. The smallest absolute Gasteiger partial charge is 0.268 e. The second-order valence-corrected chi connectivity index (χ2v) is 10.3. The second-order valence-electron chi connectivity index (χ2n) is 10.3. The van der Waals surface area contributed by atoms with Gasteiger partial charge in [-0.1, -0.05) is 54.6 Å². The molecule has 0 aliphatic heterocycles. The maximum Gasteiger partial charge on any atom is 0.268 e. The summed E-state index contributed by atoms with van der Waals surface area (Å²) in [6, 6.07) is 19.8. The summed E-state index contributed by atoms with van der Waals surface area (Å²) < 4.78 is 1.96.